The zero-order valence-corrected chi connectivity index (χ0v) is 9.56. The van der Waals surface area contributed by atoms with E-state index in [1.165, 1.54) is 6.42 Å². The van der Waals surface area contributed by atoms with Crippen LogP contribution >= 0.6 is 0 Å². The fourth-order valence-electron chi connectivity index (χ4n) is 1.44. The third-order valence-corrected chi connectivity index (χ3v) is 2.41. The number of hydrogen-bond donors (Lipinski definition) is 1. The molecule has 0 aromatic carbocycles. The van der Waals surface area contributed by atoms with Gasteiger partial charge in [0, 0.05) is 13.6 Å². The fraction of sp³-hybridized carbons (Fsp3) is 0.800. The lowest BCUT2D eigenvalue weighted by Crippen LogP contribution is -2.28. The molecule has 0 saturated heterocycles. The normalized spacial score (nSPS) is 11.2. The minimum atomic E-state index is 0.196. The van der Waals surface area contributed by atoms with Gasteiger partial charge in [-0.1, -0.05) is 13.3 Å². The first kappa shape index (κ1) is 12.1. The molecule has 86 valence electrons. The number of nitrogens with zero attached hydrogens (tertiary/aromatic N) is 4. The summed E-state index contributed by atoms with van der Waals surface area (Å²) >= 11 is 0. The maximum Gasteiger partial charge on any atom is 0.146 e. The molecule has 0 amide bonds. The van der Waals surface area contributed by atoms with Crippen molar-refractivity contribution in [2.45, 2.75) is 26.3 Å². The quantitative estimate of drug-likeness (QED) is 0.711. The molecule has 0 bridgehead atoms. The average molecular weight is 212 g/mol. The molecule has 1 heterocycles. The first-order valence-electron chi connectivity index (χ1n) is 5.44. The predicted octanol–water partition coefficient (Wildman–Crippen LogP) is 0.409. The van der Waals surface area contributed by atoms with Crippen LogP contribution in [0, 0.1) is 0 Å². The molecule has 0 saturated carbocycles. The highest BCUT2D eigenvalue weighted by Crippen LogP contribution is 2.01. The van der Waals surface area contributed by atoms with Crippen LogP contribution in [0.15, 0.2) is 6.33 Å². The number of aromatic nitrogens is 3. The Balaban J connectivity index is 2.46. The molecule has 5 nitrogen and oxygen atoms in total. The summed E-state index contributed by atoms with van der Waals surface area (Å²) in [7, 11) is 1.94. The van der Waals surface area contributed by atoms with Gasteiger partial charge >= 0.3 is 0 Å². The summed E-state index contributed by atoms with van der Waals surface area (Å²) < 4.78 is 1.91. The van der Waals surface area contributed by atoms with Gasteiger partial charge in [-0.25, -0.2) is 0 Å². The lowest BCUT2D eigenvalue weighted by atomic mass is 10.3. The van der Waals surface area contributed by atoms with Crippen LogP contribution in [-0.4, -0.2) is 44.5 Å². The summed E-state index contributed by atoms with van der Waals surface area (Å²) in [5, 5.41) is 16.8. The lowest BCUT2D eigenvalue weighted by Gasteiger charge is -2.19. The summed E-state index contributed by atoms with van der Waals surface area (Å²) in [6, 6.07) is 0. The van der Waals surface area contributed by atoms with Gasteiger partial charge in [-0.15, -0.1) is 10.2 Å². The molecule has 1 aromatic heterocycles. The van der Waals surface area contributed by atoms with Crippen LogP contribution in [0.2, 0.25) is 0 Å². The molecular formula is C10H20N4O. The fourth-order valence-corrected chi connectivity index (χ4v) is 1.44. The van der Waals surface area contributed by atoms with Gasteiger partial charge in [0.05, 0.1) is 13.2 Å². The van der Waals surface area contributed by atoms with Gasteiger partial charge in [-0.3, -0.25) is 4.90 Å². The third kappa shape index (κ3) is 3.97. The number of aliphatic hydroxyl groups excluding tert-OH is 1. The van der Waals surface area contributed by atoms with Crippen LogP contribution in [0.1, 0.15) is 25.6 Å². The van der Waals surface area contributed by atoms with Crippen LogP contribution < -0.4 is 0 Å². The molecule has 0 spiro atoms. The number of aryl methyl sites for hydroxylation is 1. The van der Waals surface area contributed by atoms with E-state index in [-0.39, 0.29) is 6.61 Å². The van der Waals surface area contributed by atoms with E-state index in [9.17, 15) is 0 Å². The van der Waals surface area contributed by atoms with Gasteiger partial charge in [0.2, 0.25) is 0 Å². The zero-order valence-electron chi connectivity index (χ0n) is 9.56. The lowest BCUT2D eigenvalue weighted by molar-refractivity contribution is 0.184. The second-order valence-electron chi connectivity index (χ2n) is 3.71. The van der Waals surface area contributed by atoms with E-state index >= 15 is 0 Å². The summed E-state index contributed by atoms with van der Waals surface area (Å²) in [5.74, 6) is 0.944. The van der Waals surface area contributed by atoms with E-state index in [1.54, 1.807) is 6.33 Å². The Morgan fingerprint density at radius 1 is 1.47 bits per heavy atom. The Hall–Kier alpha value is -0.940. The van der Waals surface area contributed by atoms with Crippen molar-refractivity contribution < 1.29 is 5.11 Å². The highest BCUT2D eigenvalue weighted by molar-refractivity contribution is 4.84. The zero-order chi connectivity index (χ0) is 11.1. The first-order valence-corrected chi connectivity index (χ1v) is 5.44. The third-order valence-electron chi connectivity index (χ3n) is 2.41. The summed E-state index contributed by atoms with van der Waals surface area (Å²) in [5.41, 5.74) is 0. The Labute approximate surface area is 90.7 Å². The molecule has 15 heavy (non-hydrogen) atoms. The molecule has 0 aliphatic rings. The molecule has 0 aliphatic carbocycles. The highest BCUT2D eigenvalue weighted by atomic mass is 16.3. The largest absolute Gasteiger partial charge is 0.395 e. The Morgan fingerprint density at radius 2 is 2.27 bits per heavy atom. The van der Waals surface area contributed by atoms with Crippen molar-refractivity contribution in [3.05, 3.63) is 12.2 Å². The van der Waals surface area contributed by atoms with E-state index in [0.717, 1.165) is 25.3 Å². The first-order chi connectivity index (χ1) is 7.27. The van der Waals surface area contributed by atoms with Gasteiger partial charge in [0.25, 0.3) is 0 Å². The molecule has 0 radical (unpaired) electrons. The topological polar surface area (TPSA) is 54.2 Å². The van der Waals surface area contributed by atoms with Gasteiger partial charge < -0.3 is 9.67 Å². The molecule has 1 aromatic rings. The van der Waals surface area contributed by atoms with Crippen LogP contribution in [0.4, 0.5) is 0 Å². The van der Waals surface area contributed by atoms with Crippen LogP contribution in [0.5, 0.6) is 0 Å². The molecule has 1 rings (SSSR count). The van der Waals surface area contributed by atoms with Crippen molar-refractivity contribution in [2.24, 2.45) is 7.05 Å². The summed E-state index contributed by atoms with van der Waals surface area (Å²) in [6.45, 7) is 4.83. The monoisotopic (exact) mass is 212 g/mol. The maximum absolute atomic E-state index is 8.95. The minimum absolute atomic E-state index is 0.196. The molecule has 0 aliphatic heterocycles. The molecule has 0 atom stereocenters. The van der Waals surface area contributed by atoms with Gasteiger partial charge in [-0.05, 0) is 13.0 Å². The average Bonchev–Trinajstić information content (AvgIpc) is 2.61. The van der Waals surface area contributed by atoms with Crippen molar-refractivity contribution in [3.63, 3.8) is 0 Å². The Morgan fingerprint density at radius 3 is 2.80 bits per heavy atom. The second-order valence-corrected chi connectivity index (χ2v) is 3.71. The van der Waals surface area contributed by atoms with Crippen LogP contribution in [0.25, 0.3) is 0 Å². The van der Waals surface area contributed by atoms with Crippen LogP contribution in [0.3, 0.4) is 0 Å². The Bertz CT molecular complexity index is 274. The van der Waals surface area contributed by atoms with Crippen molar-refractivity contribution in [1.82, 2.24) is 19.7 Å². The predicted molar refractivity (Wildman–Crippen MR) is 58.3 cm³/mol. The minimum Gasteiger partial charge on any atom is -0.395 e. The van der Waals surface area contributed by atoms with Gasteiger partial charge in [0.1, 0.15) is 12.2 Å². The number of aliphatic hydroxyl groups is 1. The number of rotatable bonds is 7. The molecular weight excluding hydrogens is 192 g/mol. The van der Waals surface area contributed by atoms with E-state index in [1.807, 2.05) is 11.6 Å². The smallest absolute Gasteiger partial charge is 0.146 e. The SMILES string of the molecule is CCCCN(CCO)Cc1nncn1C. The van der Waals surface area contributed by atoms with E-state index in [0.29, 0.717) is 6.54 Å². The maximum atomic E-state index is 8.95. The highest BCUT2D eigenvalue weighted by Gasteiger charge is 2.08. The van der Waals surface area contributed by atoms with Gasteiger partial charge in [-0.2, -0.15) is 0 Å². The molecule has 5 heteroatoms. The van der Waals surface area contributed by atoms with E-state index in [4.69, 9.17) is 5.11 Å². The van der Waals surface area contributed by atoms with E-state index < -0.39 is 0 Å². The molecule has 0 unspecified atom stereocenters. The van der Waals surface area contributed by atoms with E-state index in [2.05, 4.69) is 22.0 Å². The van der Waals surface area contributed by atoms with Crippen LogP contribution in [-0.2, 0) is 13.6 Å². The standard InChI is InChI=1S/C10H20N4O/c1-3-4-5-14(6-7-15)8-10-12-11-9-13(10)2/h9,15H,3-8H2,1-2H3. The summed E-state index contributed by atoms with van der Waals surface area (Å²) in [6.07, 6.45) is 4.02. The molecule has 0 fully saturated rings. The second kappa shape index (κ2) is 6.53. The van der Waals surface area contributed by atoms with Crippen molar-refractivity contribution in [2.75, 3.05) is 19.7 Å². The Kier molecular flexibility index (Phi) is 5.28. The van der Waals surface area contributed by atoms with Crippen molar-refractivity contribution >= 4 is 0 Å². The van der Waals surface area contributed by atoms with Gasteiger partial charge in [0.15, 0.2) is 0 Å². The van der Waals surface area contributed by atoms with Crippen molar-refractivity contribution in [3.8, 4) is 0 Å². The number of unbranched alkanes of at least 4 members (excludes halogenated alkanes) is 1. The molecule has 1 N–H and O–H groups in total. The summed E-state index contributed by atoms with van der Waals surface area (Å²) in [4.78, 5) is 2.20. The number of hydrogen-bond acceptors (Lipinski definition) is 4. The van der Waals surface area contributed by atoms with Crippen molar-refractivity contribution in [1.29, 1.82) is 0 Å².